The van der Waals surface area contributed by atoms with Gasteiger partial charge in [0.05, 0.1) is 6.10 Å². The van der Waals surface area contributed by atoms with Crippen molar-refractivity contribution in [1.29, 1.82) is 0 Å². The molecule has 1 unspecified atom stereocenters. The summed E-state index contributed by atoms with van der Waals surface area (Å²) in [5.74, 6) is 1.00. The van der Waals surface area contributed by atoms with Crippen LogP contribution in [0.4, 0.5) is 0 Å². The van der Waals surface area contributed by atoms with E-state index in [0.717, 1.165) is 12.5 Å². The molecule has 2 nitrogen and oxygen atoms in total. The lowest BCUT2D eigenvalue weighted by Crippen LogP contribution is -2.42. The number of nitrogens with one attached hydrogen (secondary N) is 1. The zero-order valence-corrected chi connectivity index (χ0v) is 14.6. The van der Waals surface area contributed by atoms with E-state index in [0.29, 0.717) is 17.6 Å². The van der Waals surface area contributed by atoms with Gasteiger partial charge in [-0.2, -0.15) is 0 Å². The van der Waals surface area contributed by atoms with Gasteiger partial charge in [-0.25, -0.2) is 0 Å². The Kier molecular flexibility index (Phi) is 7.01. The zero-order valence-electron chi connectivity index (χ0n) is 14.6. The molecule has 0 radical (unpaired) electrons. The van der Waals surface area contributed by atoms with Crippen molar-refractivity contribution in [1.82, 2.24) is 5.32 Å². The Morgan fingerprint density at radius 1 is 1.19 bits per heavy atom. The van der Waals surface area contributed by atoms with Crippen molar-refractivity contribution >= 4 is 0 Å². The molecule has 0 amide bonds. The normalized spacial score (nSPS) is 33.7. The van der Waals surface area contributed by atoms with E-state index in [1.165, 1.54) is 70.8 Å². The molecule has 0 aromatic rings. The molecule has 1 aliphatic carbocycles. The second-order valence-electron chi connectivity index (χ2n) is 7.96. The molecular weight excluding hydrogens is 258 g/mol. The van der Waals surface area contributed by atoms with E-state index in [1.807, 2.05) is 0 Å². The van der Waals surface area contributed by atoms with Gasteiger partial charge in [-0.1, -0.05) is 40.0 Å². The summed E-state index contributed by atoms with van der Waals surface area (Å²) in [5, 5.41) is 3.73. The summed E-state index contributed by atoms with van der Waals surface area (Å²) in [6, 6.07) is 0.601. The van der Waals surface area contributed by atoms with Gasteiger partial charge in [0.2, 0.25) is 0 Å². The summed E-state index contributed by atoms with van der Waals surface area (Å²) in [5.41, 5.74) is 0.516. The second-order valence-corrected chi connectivity index (χ2v) is 7.96. The SMILES string of the molecule is CCCCC1CCC(CNC(C)C)(CC2CCCO2)CC1. The first-order valence-electron chi connectivity index (χ1n) is 9.48. The number of hydrogen-bond donors (Lipinski definition) is 1. The molecule has 1 atom stereocenters. The second kappa shape index (κ2) is 8.53. The third-order valence-corrected chi connectivity index (χ3v) is 5.70. The maximum Gasteiger partial charge on any atom is 0.0581 e. The van der Waals surface area contributed by atoms with E-state index in [9.17, 15) is 0 Å². The molecule has 124 valence electrons. The topological polar surface area (TPSA) is 21.3 Å². The monoisotopic (exact) mass is 295 g/mol. The van der Waals surface area contributed by atoms with Gasteiger partial charge in [-0.15, -0.1) is 0 Å². The van der Waals surface area contributed by atoms with E-state index < -0.39 is 0 Å². The largest absolute Gasteiger partial charge is 0.378 e. The molecule has 0 spiro atoms. The average molecular weight is 296 g/mol. The number of hydrogen-bond acceptors (Lipinski definition) is 2. The van der Waals surface area contributed by atoms with Crippen LogP contribution in [0.25, 0.3) is 0 Å². The Balaban J connectivity index is 1.87. The minimum absolute atomic E-state index is 0.516. The quantitative estimate of drug-likeness (QED) is 0.686. The standard InChI is InChI=1S/C19H37NO/c1-4-5-7-17-9-11-19(12-10-17,15-20-16(2)3)14-18-8-6-13-21-18/h16-18,20H,4-15H2,1-3H3. The highest BCUT2D eigenvalue weighted by Crippen LogP contribution is 2.44. The van der Waals surface area contributed by atoms with Crippen molar-refractivity contribution in [2.75, 3.05) is 13.2 Å². The van der Waals surface area contributed by atoms with Crippen LogP contribution in [0.3, 0.4) is 0 Å². The van der Waals surface area contributed by atoms with Crippen LogP contribution in [0.5, 0.6) is 0 Å². The van der Waals surface area contributed by atoms with Crippen molar-refractivity contribution in [3.8, 4) is 0 Å². The molecule has 1 heterocycles. The fourth-order valence-corrected chi connectivity index (χ4v) is 4.23. The maximum atomic E-state index is 5.95. The molecule has 0 aromatic heterocycles. The molecular formula is C19H37NO. The third kappa shape index (κ3) is 5.56. The van der Waals surface area contributed by atoms with Crippen LogP contribution in [-0.4, -0.2) is 25.3 Å². The summed E-state index contributed by atoms with van der Waals surface area (Å²) in [7, 11) is 0. The van der Waals surface area contributed by atoms with Crippen molar-refractivity contribution < 1.29 is 4.74 Å². The van der Waals surface area contributed by atoms with Gasteiger partial charge in [-0.3, -0.25) is 0 Å². The lowest BCUT2D eigenvalue weighted by atomic mass is 9.66. The molecule has 0 bridgehead atoms. The number of ether oxygens (including phenoxy) is 1. The molecule has 2 rings (SSSR count). The van der Waals surface area contributed by atoms with Crippen molar-refractivity contribution in [3.63, 3.8) is 0 Å². The van der Waals surface area contributed by atoms with Crippen LogP contribution in [0.1, 0.15) is 85.0 Å². The fraction of sp³-hybridized carbons (Fsp3) is 1.00. The van der Waals surface area contributed by atoms with E-state index in [4.69, 9.17) is 4.74 Å². The summed E-state index contributed by atoms with van der Waals surface area (Å²) >= 11 is 0. The molecule has 1 saturated carbocycles. The predicted molar refractivity (Wildman–Crippen MR) is 90.6 cm³/mol. The van der Waals surface area contributed by atoms with Crippen LogP contribution in [0.15, 0.2) is 0 Å². The van der Waals surface area contributed by atoms with Gasteiger partial charge in [0.15, 0.2) is 0 Å². The Morgan fingerprint density at radius 3 is 2.52 bits per heavy atom. The molecule has 2 aliphatic rings. The lowest BCUT2D eigenvalue weighted by Gasteiger charge is -2.42. The van der Waals surface area contributed by atoms with E-state index in [2.05, 4.69) is 26.1 Å². The summed E-state index contributed by atoms with van der Waals surface area (Å²) < 4.78 is 5.95. The highest BCUT2D eigenvalue weighted by molar-refractivity contribution is 4.90. The van der Waals surface area contributed by atoms with Crippen LogP contribution in [0.2, 0.25) is 0 Å². The van der Waals surface area contributed by atoms with Gasteiger partial charge < -0.3 is 10.1 Å². The first-order valence-corrected chi connectivity index (χ1v) is 9.48. The van der Waals surface area contributed by atoms with Crippen LogP contribution >= 0.6 is 0 Å². The van der Waals surface area contributed by atoms with Gasteiger partial charge in [0.1, 0.15) is 0 Å². The van der Waals surface area contributed by atoms with E-state index >= 15 is 0 Å². The molecule has 2 heteroatoms. The molecule has 1 aliphatic heterocycles. The lowest BCUT2D eigenvalue weighted by molar-refractivity contribution is 0.0326. The summed E-state index contributed by atoms with van der Waals surface area (Å²) in [6.45, 7) is 9.05. The van der Waals surface area contributed by atoms with E-state index in [-0.39, 0.29) is 0 Å². The van der Waals surface area contributed by atoms with Gasteiger partial charge in [-0.05, 0) is 56.3 Å². The molecule has 0 aromatic carbocycles. The first kappa shape index (κ1) is 17.3. The minimum Gasteiger partial charge on any atom is -0.378 e. The maximum absolute atomic E-state index is 5.95. The van der Waals surface area contributed by atoms with Crippen molar-refractivity contribution in [3.05, 3.63) is 0 Å². The highest BCUT2D eigenvalue weighted by atomic mass is 16.5. The molecule has 21 heavy (non-hydrogen) atoms. The molecule has 1 N–H and O–H groups in total. The van der Waals surface area contributed by atoms with E-state index in [1.54, 1.807) is 0 Å². The minimum atomic E-state index is 0.516. The van der Waals surface area contributed by atoms with Gasteiger partial charge in [0, 0.05) is 19.2 Å². The third-order valence-electron chi connectivity index (χ3n) is 5.70. The Bertz CT molecular complexity index is 275. The Hall–Kier alpha value is -0.0800. The van der Waals surface area contributed by atoms with Crippen molar-refractivity contribution in [2.24, 2.45) is 11.3 Å². The van der Waals surface area contributed by atoms with Gasteiger partial charge >= 0.3 is 0 Å². The summed E-state index contributed by atoms with van der Waals surface area (Å²) in [6.07, 6.45) is 14.4. The average Bonchev–Trinajstić information content (AvgIpc) is 2.97. The molecule has 1 saturated heterocycles. The first-order chi connectivity index (χ1) is 10.1. The van der Waals surface area contributed by atoms with Crippen molar-refractivity contribution in [2.45, 2.75) is 97.1 Å². The number of rotatable bonds is 8. The summed E-state index contributed by atoms with van der Waals surface area (Å²) in [4.78, 5) is 0. The van der Waals surface area contributed by atoms with Crippen LogP contribution in [-0.2, 0) is 4.74 Å². The van der Waals surface area contributed by atoms with Crippen LogP contribution in [0, 0.1) is 11.3 Å². The Morgan fingerprint density at radius 2 is 1.95 bits per heavy atom. The Labute approximate surface area is 132 Å². The number of unbranched alkanes of at least 4 members (excludes halogenated alkanes) is 1. The molecule has 2 fully saturated rings. The fourth-order valence-electron chi connectivity index (χ4n) is 4.23. The zero-order chi connectivity index (χ0) is 15.1. The van der Waals surface area contributed by atoms with Gasteiger partial charge in [0.25, 0.3) is 0 Å². The predicted octanol–water partition coefficient (Wildman–Crippen LogP) is 4.92. The highest BCUT2D eigenvalue weighted by Gasteiger charge is 2.37. The van der Waals surface area contributed by atoms with Crippen LogP contribution < -0.4 is 5.32 Å². The smallest absolute Gasteiger partial charge is 0.0581 e.